The Labute approximate surface area is 124 Å². The van der Waals surface area contributed by atoms with Gasteiger partial charge in [0, 0.05) is 6.92 Å². The summed E-state index contributed by atoms with van der Waals surface area (Å²) < 4.78 is 9.99. The lowest BCUT2D eigenvalue weighted by Crippen LogP contribution is -2.54. The van der Waals surface area contributed by atoms with Crippen molar-refractivity contribution in [1.82, 2.24) is 10.6 Å². The molecule has 0 aromatic carbocycles. The maximum Gasteiger partial charge on any atom is 0.408 e. The number of amides is 2. The van der Waals surface area contributed by atoms with Gasteiger partial charge in [-0.15, -0.1) is 6.42 Å². The van der Waals surface area contributed by atoms with Crippen LogP contribution in [0.1, 0.15) is 34.6 Å². The number of hydrogen-bond donors (Lipinski definition) is 2. The van der Waals surface area contributed by atoms with Crippen LogP contribution in [0.25, 0.3) is 0 Å². The van der Waals surface area contributed by atoms with Crippen LogP contribution >= 0.6 is 0 Å². The Morgan fingerprint density at radius 2 is 1.86 bits per heavy atom. The Bertz CT molecular complexity index is 434. The number of terminal acetylenes is 1. The Kier molecular flexibility index (Phi) is 7.28. The number of ether oxygens (including phenoxy) is 2. The van der Waals surface area contributed by atoms with E-state index in [-0.39, 0.29) is 6.54 Å². The van der Waals surface area contributed by atoms with Crippen LogP contribution in [-0.2, 0) is 19.1 Å². The number of alkyl carbamates (subject to hydrolysis) is 1. The average Bonchev–Trinajstić information content (AvgIpc) is 2.29. The van der Waals surface area contributed by atoms with Crippen molar-refractivity contribution in [3.63, 3.8) is 0 Å². The van der Waals surface area contributed by atoms with E-state index in [0.717, 1.165) is 0 Å². The molecule has 0 aliphatic heterocycles. The summed E-state index contributed by atoms with van der Waals surface area (Å²) in [5.41, 5.74) is -0.714. The van der Waals surface area contributed by atoms with Crippen molar-refractivity contribution in [3.8, 4) is 12.3 Å². The Balaban J connectivity index is 4.88. The van der Waals surface area contributed by atoms with Crippen molar-refractivity contribution >= 4 is 18.0 Å². The third-order valence-corrected chi connectivity index (χ3v) is 2.14. The molecule has 0 aliphatic rings. The van der Waals surface area contributed by atoms with E-state index in [0.29, 0.717) is 0 Å². The maximum absolute atomic E-state index is 12.0. The quantitative estimate of drug-likeness (QED) is 0.572. The van der Waals surface area contributed by atoms with Gasteiger partial charge in [0.15, 0.2) is 0 Å². The summed E-state index contributed by atoms with van der Waals surface area (Å²) in [7, 11) is 0. The lowest BCUT2D eigenvalue weighted by Gasteiger charge is -2.26. The molecule has 2 N–H and O–H groups in total. The van der Waals surface area contributed by atoms with Gasteiger partial charge >= 0.3 is 12.1 Å². The van der Waals surface area contributed by atoms with Crippen LogP contribution < -0.4 is 10.6 Å². The van der Waals surface area contributed by atoms with Gasteiger partial charge in [0.2, 0.25) is 5.91 Å². The van der Waals surface area contributed by atoms with Gasteiger partial charge in [-0.05, 0) is 27.7 Å². The monoisotopic (exact) mass is 298 g/mol. The smallest absolute Gasteiger partial charge is 0.408 e. The summed E-state index contributed by atoms with van der Waals surface area (Å²) in [4.78, 5) is 34.7. The number of nitrogens with one attached hydrogen (secondary N) is 2. The van der Waals surface area contributed by atoms with E-state index >= 15 is 0 Å². The van der Waals surface area contributed by atoms with Crippen molar-refractivity contribution in [1.29, 1.82) is 0 Å². The molecule has 7 nitrogen and oxygen atoms in total. The number of hydrogen-bond acceptors (Lipinski definition) is 5. The van der Waals surface area contributed by atoms with Crippen LogP contribution in [0.15, 0.2) is 0 Å². The van der Waals surface area contributed by atoms with Crippen molar-refractivity contribution in [2.75, 3.05) is 6.54 Å². The molecule has 0 aromatic rings. The lowest BCUT2D eigenvalue weighted by atomic mass is 10.1. The zero-order chi connectivity index (χ0) is 16.6. The summed E-state index contributed by atoms with van der Waals surface area (Å²) in [6.45, 7) is 7.76. The molecular weight excluding hydrogens is 276 g/mol. The first-order valence-electron chi connectivity index (χ1n) is 6.44. The van der Waals surface area contributed by atoms with Crippen molar-refractivity contribution in [3.05, 3.63) is 0 Å². The van der Waals surface area contributed by atoms with E-state index in [1.807, 2.05) is 0 Å². The zero-order valence-electron chi connectivity index (χ0n) is 13.0. The Morgan fingerprint density at radius 3 is 2.29 bits per heavy atom. The zero-order valence-corrected chi connectivity index (χ0v) is 13.0. The molecule has 118 valence electrons. The highest BCUT2D eigenvalue weighted by molar-refractivity contribution is 5.86. The number of carbonyl (C=O) groups is 3. The fraction of sp³-hybridized carbons (Fsp3) is 0.643. The van der Waals surface area contributed by atoms with Gasteiger partial charge in [-0.2, -0.15) is 0 Å². The summed E-state index contributed by atoms with van der Waals surface area (Å²) in [6, 6.07) is -1.10. The highest BCUT2D eigenvalue weighted by Crippen LogP contribution is 2.08. The number of esters is 1. The minimum absolute atomic E-state index is 0.00186. The highest BCUT2D eigenvalue weighted by atomic mass is 16.6. The third kappa shape index (κ3) is 8.52. The van der Waals surface area contributed by atoms with Gasteiger partial charge in [-0.3, -0.25) is 9.59 Å². The highest BCUT2D eigenvalue weighted by Gasteiger charge is 2.30. The first-order valence-corrected chi connectivity index (χ1v) is 6.44. The van der Waals surface area contributed by atoms with Crippen LogP contribution in [0.2, 0.25) is 0 Å². The molecule has 0 radical (unpaired) electrons. The molecule has 2 amide bonds. The largest absolute Gasteiger partial charge is 0.460 e. The van der Waals surface area contributed by atoms with Gasteiger partial charge < -0.3 is 20.1 Å². The third-order valence-electron chi connectivity index (χ3n) is 2.14. The van der Waals surface area contributed by atoms with Crippen LogP contribution in [0.3, 0.4) is 0 Å². The molecule has 0 saturated carbocycles. The van der Waals surface area contributed by atoms with Crippen LogP contribution in [0.4, 0.5) is 4.79 Å². The predicted molar refractivity (Wildman–Crippen MR) is 76.2 cm³/mol. The molecule has 0 bridgehead atoms. The van der Waals surface area contributed by atoms with Gasteiger partial charge in [0.05, 0.1) is 6.54 Å². The van der Waals surface area contributed by atoms with Crippen molar-refractivity contribution < 1.29 is 23.9 Å². The summed E-state index contributed by atoms with van der Waals surface area (Å²) in [5, 5.41) is 4.79. The first-order chi connectivity index (χ1) is 9.56. The van der Waals surface area contributed by atoms with Crippen LogP contribution in [-0.4, -0.2) is 42.3 Å². The van der Waals surface area contributed by atoms with E-state index in [4.69, 9.17) is 15.9 Å². The fourth-order valence-corrected chi connectivity index (χ4v) is 1.41. The number of carbonyl (C=O) groups excluding carboxylic acids is 3. The number of rotatable bonds is 5. The van der Waals surface area contributed by atoms with E-state index in [2.05, 4.69) is 16.6 Å². The molecule has 0 rings (SSSR count). The SMILES string of the molecule is C#CCNC(=O)[C@@H](NC(=O)OC(C)(C)C)[C@@H](C)OC(C)=O. The molecule has 0 heterocycles. The molecule has 0 fully saturated rings. The van der Waals surface area contributed by atoms with Crippen molar-refractivity contribution in [2.24, 2.45) is 0 Å². The fourth-order valence-electron chi connectivity index (χ4n) is 1.41. The maximum atomic E-state index is 12.0. The minimum atomic E-state index is -1.10. The summed E-state index contributed by atoms with van der Waals surface area (Å²) in [5.74, 6) is 1.11. The molecule has 0 unspecified atom stereocenters. The molecule has 0 aliphatic carbocycles. The molecular formula is C14H22N2O5. The molecule has 0 saturated heterocycles. The van der Waals surface area contributed by atoms with Gasteiger partial charge in [0.1, 0.15) is 17.7 Å². The van der Waals surface area contributed by atoms with E-state index in [1.54, 1.807) is 20.8 Å². The second-order valence-electron chi connectivity index (χ2n) is 5.36. The first kappa shape index (κ1) is 18.8. The average molecular weight is 298 g/mol. The second kappa shape index (κ2) is 8.15. The van der Waals surface area contributed by atoms with E-state index < -0.39 is 35.7 Å². The minimum Gasteiger partial charge on any atom is -0.460 e. The Hall–Kier alpha value is -2.23. The van der Waals surface area contributed by atoms with Crippen molar-refractivity contribution in [2.45, 2.75) is 52.4 Å². The molecule has 21 heavy (non-hydrogen) atoms. The van der Waals surface area contributed by atoms with E-state index in [9.17, 15) is 14.4 Å². The predicted octanol–water partition coefficient (Wildman–Crippen LogP) is 0.581. The molecule has 7 heteroatoms. The van der Waals surface area contributed by atoms with Gasteiger partial charge in [-0.25, -0.2) is 4.79 Å². The standard InChI is InChI=1S/C14H22N2O5/c1-7-8-15-12(18)11(9(2)20-10(3)17)16-13(19)21-14(4,5)6/h1,9,11H,8H2,2-6H3,(H,15,18)(H,16,19)/t9-,11+/m1/s1. The molecule has 2 atom stereocenters. The molecule has 0 aromatic heterocycles. The van der Waals surface area contributed by atoms with Crippen LogP contribution in [0, 0.1) is 12.3 Å². The van der Waals surface area contributed by atoms with E-state index in [1.165, 1.54) is 13.8 Å². The molecule has 0 spiro atoms. The van der Waals surface area contributed by atoms with Crippen LogP contribution in [0.5, 0.6) is 0 Å². The normalized spacial score (nSPS) is 13.3. The Morgan fingerprint density at radius 1 is 1.29 bits per heavy atom. The summed E-state index contributed by atoms with van der Waals surface area (Å²) >= 11 is 0. The van der Waals surface area contributed by atoms with Gasteiger partial charge in [-0.1, -0.05) is 5.92 Å². The topological polar surface area (TPSA) is 93.7 Å². The second-order valence-corrected chi connectivity index (χ2v) is 5.36. The lowest BCUT2D eigenvalue weighted by molar-refractivity contribution is -0.148. The summed E-state index contributed by atoms with van der Waals surface area (Å²) in [6.07, 6.45) is 3.40. The van der Waals surface area contributed by atoms with Gasteiger partial charge in [0.25, 0.3) is 0 Å².